The standard InChI is InChI=1S/C9H12NO4P/c1-6-2-3-8(9(10)11)7(4-6)5-15(12,13)14/h2-4H,5H2,1H3,(H2,10,11)(H2,12,13,14). The lowest BCUT2D eigenvalue weighted by atomic mass is 10.1. The summed E-state index contributed by atoms with van der Waals surface area (Å²) < 4.78 is 10.8. The van der Waals surface area contributed by atoms with E-state index in [4.69, 9.17) is 15.5 Å². The van der Waals surface area contributed by atoms with E-state index in [9.17, 15) is 9.36 Å². The molecule has 0 fully saturated rings. The average Bonchev–Trinajstić information content (AvgIpc) is 1.99. The number of aryl methyl sites for hydroxylation is 1. The Morgan fingerprint density at radius 2 is 2.07 bits per heavy atom. The monoisotopic (exact) mass is 229 g/mol. The molecular weight excluding hydrogens is 217 g/mol. The molecule has 0 saturated carbocycles. The van der Waals surface area contributed by atoms with Gasteiger partial charge in [-0.05, 0) is 18.6 Å². The number of carbonyl (C=O) groups is 1. The molecule has 6 heteroatoms. The van der Waals surface area contributed by atoms with Crippen LogP contribution in [0.25, 0.3) is 0 Å². The Kier molecular flexibility index (Phi) is 3.29. The number of benzene rings is 1. The van der Waals surface area contributed by atoms with Crippen LogP contribution in [-0.2, 0) is 10.7 Å². The highest BCUT2D eigenvalue weighted by atomic mass is 31.2. The summed E-state index contributed by atoms with van der Waals surface area (Å²) >= 11 is 0. The van der Waals surface area contributed by atoms with Gasteiger partial charge >= 0.3 is 7.60 Å². The maximum absolute atomic E-state index is 11.0. The first-order valence-electron chi connectivity index (χ1n) is 4.23. The lowest BCUT2D eigenvalue weighted by molar-refractivity contribution is 0.0999. The molecule has 0 atom stereocenters. The molecule has 0 heterocycles. The van der Waals surface area contributed by atoms with Crippen molar-refractivity contribution in [2.75, 3.05) is 0 Å². The third kappa shape index (κ3) is 3.47. The van der Waals surface area contributed by atoms with Crippen molar-refractivity contribution in [2.24, 2.45) is 5.73 Å². The Morgan fingerprint density at radius 3 is 2.53 bits per heavy atom. The quantitative estimate of drug-likeness (QED) is 0.666. The molecule has 1 aromatic carbocycles. The molecule has 4 N–H and O–H groups in total. The van der Waals surface area contributed by atoms with Crippen LogP contribution in [-0.4, -0.2) is 15.7 Å². The smallest absolute Gasteiger partial charge is 0.329 e. The van der Waals surface area contributed by atoms with E-state index in [1.807, 2.05) is 0 Å². The lowest BCUT2D eigenvalue weighted by Gasteiger charge is -2.08. The molecular formula is C9H12NO4P. The second-order valence-corrected chi connectivity index (χ2v) is 4.99. The molecule has 0 aliphatic carbocycles. The molecule has 1 rings (SSSR count). The molecule has 5 nitrogen and oxygen atoms in total. The number of hydrogen-bond acceptors (Lipinski definition) is 2. The molecule has 0 aliphatic heterocycles. The van der Waals surface area contributed by atoms with Crippen LogP contribution >= 0.6 is 7.60 Å². The number of carbonyl (C=O) groups excluding carboxylic acids is 1. The van der Waals surface area contributed by atoms with Crippen molar-refractivity contribution in [3.8, 4) is 0 Å². The number of nitrogens with two attached hydrogens (primary N) is 1. The van der Waals surface area contributed by atoms with Crippen molar-refractivity contribution < 1.29 is 19.1 Å². The van der Waals surface area contributed by atoms with Crippen LogP contribution in [0.4, 0.5) is 0 Å². The fourth-order valence-corrected chi connectivity index (χ4v) is 2.02. The van der Waals surface area contributed by atoms with Gasteiger partial charge in [-0.1, -0.05) is 17.7 Å². The van der Waals surface area contributed by atoms with Crippen molar-refractivity contribution in [1.82, 2.24) is 0 Å². The van der Waals surface area contributed by atoms with Crippen molar-refractivity contribution in [1.29, 1.82) is 0 Å². The van der Waals surface area contributed by atoms with Crippen molar-refractivity contribution in [3.05, 3.63) is 34.9 Å². The van der Waals surface area contributed by atoms with E-state index in [1.54, 1.807) is 19.1 Å². The number of primary amides is 1. The van der Waals surface area contributed by atoms with Gasteiger partial charge in [-0.2, -0.15) is 0 Å². The number of rotatable bonds is 3. The largest absolute Gasteiger partial charge is 0.366 e. The van der Waals surface area contributed by atoms with Crippen LogP contribution in [0.2, 0.25) is 0 Å². The van der Waals surface area contributed by atoms with Gasteiger partial charge in [-0.3, -0.25) is 9.36 Å². The molecule has 15 heavy (non-hydrogen) atoms. The van der Waals surface area contributed by atoms with Crippen molar-refractivity contribution >= 4 is 13.5 Å². The van der Waals surface area contributed by atoms with Gasteiger partial charge in [0.15, 0.2) is 0 Å². The van der Waals surface area contributed by atoms with Gasteiger partial charge in [0.25, 0.3) is 0 Å². The van der Waals surface area contributed by atoms with Crippen molar-refractivity contribution in [2.45, 2.75) is 13.1 Å². The highest BCUT2D eigenvalue weighted by Gasteiger charge is 2.18. The molecule has 0 saturated heterocycles. The Morgan fingerprint density at radius 1 is 1.47 bits per heavy atom. The van der Waals surface area contributed by atoms with E-state index in [2.05, 4.69) is 0 Å². The van der Waals surface area contributed by atoms with E-state index < -0.39 is 19.7 Å². The van der Waals surface area contributed by atoms with E-state index in [-0.39, 0.29) is 11.1 Å². The zero-order valence-corrected chi connectivity index (χ0v) is 9.07. The second kappa shape index (κ2) is 4.14. The van der Waals surface area contributed by atoms with Gasteiger partial charge < -0.3 is 15.5 Å². The van der Waals surface area contributed by atoms with E-state index in [0.29, 0.717) is 0 Å². The summed E-state index contributed by atoms with van der Waals surface area (Å²) in [7, 11) is -4.18. The molecule has 0 aromatic heterocycles. The molecule has 0 unspecified atom stereocenters. The molecule has 0 spiro atoms. The van der Waals surface area contributed by atoms with Crippen LogP contribution in [0, 0.1) is 6.92 Å². The minimum atomic E-state index is -4.18. The van der Waals surface area contributed by atoms with Gasteiger partial charge in [0.1, 0.15) is 0 Å². The predicted octanol–water partition coefficient (Wildman–Crippen LogP) is 0.772. The summed E-state index contributed by atoms with van der Waals surface area (Å²) in [5, 5.41) is 0. The average molecular weight is 229 g/mol. The third-order valence-electron chi connectivity index (χ3n) is 1.90. The minimum Gasteiger partial charge on any atom is -0.366 e. The van der Waals surface area contributed by atoms with Crippen molar-refractivity contribution in [3.63, 3.8) is 0 Å². The van der Waals surface area contributed by atoms with Gasteiger partial charge in [-0.25, -0.2) is 0 Å². The maximum Gasteiger partial charge on any atom is 0.329 e. The molecule has 1 aromatic rings. The first-order valence-corrected chi connectivity index (χ1v) is 6.03. The maximum atomic E-state index is 11.0. The topological polar surface area (TPSA) is 101 Å². The highest BCUT2D eigenvalue weighted by molar-refractivity contribution is 7.50. The van der Waals surface area contributed by atoms with Crippen LogP contribution in [0.15, 0.2) is 18.2 Å². The minimum absolute atomic E-state index is 0.156. The summed E-state index contributed by atoms with van der Waals surface area (Å²) in [6, 6.07) is 4.70. The van der Waals surface area contributed by atoms with Gasteiger partial charge in [-0.15, -0.1) is 0 Å². The Hall–Kier alpha value is -1.16. The molecule has 1 amide bonds. The molecule has 0 radical (unpaired) electrons. The van der Waals surface area contributed by atoms with Crippen LogP contribution in [0.1, 0.15) is 21.5 Å². The Balaban J connectivity index is 3.19. The normalized spacial score (nSPS) is 11.4. The lowest BCUT2D eigenvalue weighted by Crippen LogP contribution is -2.13. The Bertz CT molecular complexity index is 438. The van der Waals surface area contributed by atoms with Crippen LogP contribution in [0.5, 0.6) is 0 Å². The number of hydrogen-bond donors (Lipinski definition) is 3. The summed E-state index contributed by atoms with van der Waals surface area (Å²) in [6.45, 7) is 1.77. The van der Waals surface area contributed by atoms with Crippen LogP contribution in [0.3, 0.4) is 0 Å². The SMILES string of the molecule is Cc1ccc(C(N)=O)c(CP(=O)(O)O)c1. The predicted molar refractivity (Wildman–Crippen MR) is 55.4 cm³/mol. The van der Waals surface area contributed by atoms with Gasteiger partial charge in [0.2, 0.25) is 5.91 Å². The summed E-state index contributed by atoms with van der Waals surface area (Å²) in [6.07, 6.45) is -0.465. The van der Waals surface area contributed by atoms with E-state index >= 15 is 0 Å². The van der Waals surface area contributed by atoms with E-state index in [0.717, 1.165) is 5.56 Å². The summed E-state index contributed by atoms with van der Waals surface area (Å²) in [4.78, 5) is 28.6. The first-order chi connectivity index (χ1) is 6.79. The highest BCUT2D eigenvalue weighted by Crippen LogP contribution is 2.40. The second-order valence-electron chi connectivity index (χ2n) is 3.35. The molecule has 0 aliphatic rings. The van der Waals surface area contributed by atoms with Gasteiger partial charge in [0.05, 0.1) is 6.16 Å². The third-order valence-corrected chi connectivity index (χ3v) is 2.66. The summed E-state index contributed by atoms with van der Waals surface area (Å²) in [5.41, 5.74) is 6.36. The molecule has 0 bridgehead atoms. The zero-order chi connectivity index (χ0) is 11.6. The van der Waals surface area contributed by atoms with E-state index in [1.165, 1.54) is 6.07 Å². The fraction of sp³-hybridized carbons (Fsp3) is 0.222. The van der Waals surface area contributed by atoms with Crippen LogP contribution < -0.4 is 5.73 Å². The number of amides is 1. The summed E-state index contributed by atoms with van der Waals surface area (Å²) in [5.74, 6) is -0.682. The van der Waals surface area contributed by atoms with Gasteiger partial charge in [0, 0.05) is 5.56 Å². The first kappa shape index (κ1) is 11.9. The Labute approximate surface area is 87.1 Å². The molecule has 82 valence electrons. The zero-order valence-electron chi connectivity index (χ0n) is 8.17. The fourth-order valence-electron chi connectivity index (χ4n) is 1.32.